The molecule has 1 saturated heterocycles. The quantitative estimate of drug-likeness (QED) is 0.609. The number of carbonyl (C=O) groups is 4. The van der Waals surface area contributed by atoms with Crippen LogP contribution in [0.3, 0.4) is 0 Å². The number of rotatable bonds is 5. The van der Waals surface area contributed by atoms with Gasteiger partial charge in [-0.1, -0.05) is 47.5 Å². The molecule has 7 heteroatoms. The average molecular weight is 330 g/mol. The van der Waals surface area contributed by atoms with Gasteiger partial charge in [0.2, 0.25) is 0 Å². The Kier molecular flexibility index (Phi) is 14.2. The van der Waals surface area contributed by atoms with E-state index in [9.17, 15) is 14.4 Å². The van der Waals surface area contributed by atoms with Crippen LogP contribution in [0, 0.1) is 11.8 Å². The molecule has 0 bridgehead atoms. The Labute approximate surface area is 138 Å². The van der Waals surface area contributed by atoms with Crippen molar-refractivity contribution in [1.82, 2.24) is 5.06 Å². The Morgan fingerprint density at radius 2 is 1.65 bits per heavy atom. The second-order valence-electron chi connectivity index (χ2n) is 5.73. The van der Waals surface area contributed by atoms with Gasteiger partial charge in [-0.15, -0.1) is 5.06 Å². The molecule has 1 heterocycles. The Bertz CT molecular complexity index is 365. The molecule has 1 fully saturated rings. The summed E-state index contributed by atoms with van der Waals surface area (Å²) in [4.78, 5) is 46.6. The van der Waals surface area contributed by atoms with Crippen LogP contribution < -0.4 is 5.73 Å². The van der Waals surface area contributed by atoms with Crippen molar-refractivity contribution in [2.45, 2.75) is 60.3 Å². The molecule has 0 aromatic rings. The molecule has 7 nitrogen and oxygen atoms in total. The van der Waals surface area contributed by atoms with Gasteiger partial charge in [-0.25, -0.2) is 4.79 Å². The number of aldehydes is 1. The third kappa shape index (κ3) is 12.5. The van der Waals surface area contributed by atoms with E-state index in [-0.39, 0.29) is 25.3 Å². The van der Waals surface area contributed by atoms with Gasteiger partial charge >= 0.3 is 5.97 Å². The van der Waals surface area contributed by atoms with E-state index in [1.54, 1.807) is 13.8 Å². The van der Waals surface area contributed by atoms with Crippen molar-refractivity contribution >= 4 is 24.1 Å². The van der Waals surface area contributed by atoms with Crippen LogP contribution in [0.1, 0.15) is 60.3 Å². The molecule has 2 amide bonds. The number of hydroxylamine groups is 2. The molecule has 23 heavy (non-hydrogen) atoms. The van der Waals surface area contributed by atoms with Crippen LogP contribution in [0.5, 0.6) is 0 Å². The molecule has 1 rings (SSSR count). The van der Waals surface area contributed by atoms with Crippen molar-refractivity contribution < 1.29 is 24.0 Å². The first kappa shape index (κ1) is 23.5. The summed E-state index contributed by atoms with van der Waals surface area (Å²) in [5.74, 6) is -0.905. The lowest BCUT2D eigenvalue weighted by atomic mass is 10.1. The highest BCUT2D eigenvalue weighted by Gasteiger charge is 2.33. The fourth-order valence-electron chi connectivity index (χ4n) is 1.43. The fourth-order valence-corrected chi connectivity index (χ4v) is 1.43. The Morgan fingerprint density at radius 3 is 1.87 bits per heavy atom. The SMILES string of the molecule is CC(C)C(=O)ON1C(=O)CCC1=O.CCCC(C)C.NCC=O. The molecule has 0 spiro atoms. The van der Waals surface area contributed by atoms with Crippen LogP contribution >= 0.6 is 0 Å². The number of nitrogens with two attached hydrogens (primary N) is 1. The summed E-state index contributed by atoms with van der Waals surface area (Å²) < 4.78 is 0. The summed E-state index contributed by atoms with van der Waals surface area (Å²) in [5, 5.41) is 0.558. The number of amides is 2. The largest absolute Gasteiger partial charge is 0.335 e. The molecular formula is C16H30N2O5. The minimum Gasteiger partial charge on any atom is -0.330 e. The van der Waals surface area contributed by atoms with Crippen LogP contribution in [0.2, 0.25) is 0 Å². The molecule has 2 N–H and O–H groups in total. The third-order valence-electron chi connectivity index (χ3n) is 2.62. The van der Waals surface area contributed by atoms with E-state index in [4.69, 9.17) is 4.79 Å². The van der Waals surface area contributed by atoms with Crippen LogP contribution in [0.25, 0.3) is 0 Å². The van der Waals surface area contributed by atoms with Gasteiger partial charge in [-0.05, 0) is 5.92 Å². The second-order valence-corrected chi connectivity index (χ2v) is 5.73. The standard InChI is InChI=1S/C8H11NO4.C6H14.C2H5NO/c1-5(2)8(12)13-9-6(10)3-4-7(9)11;1-4-5-6(2)3;3-1-2-4/h5H,3-4H2,1-2H3;6H,4-5H2,1-3H3;2H,1,3H2. The summed E-state index contributed by atoms with van der Waals surface area (Å²) >= 11 is 0. The molecular weight excluding hydrogens is 300 g/mol. The molecule has 0 atom stereocenters. The number of hydrogen-bond acceptors (Lipinski definition) is 6. The second kappa shape index (κ2) is 13.9. The molecule has 0 aliphatic carbocycles. The van der Waals surface area contributed by atoms with Gasteiger partial charge in [0.05, 0.1) is 5.92 Å². The van der Waals surface area contributed by atoms with Crippen molar-refractivity contribution in [2.75, 3.05) is 6.54 Å². The van der Waals surface area contributed by atoms with E-state index in [1.807, 2.05) is 0 Å². The zero-order valence-electron chi connectivity index (χ0n) is 14.8. The highest BCUT2D eigenvalue weighted by molar-refractivity contribution is 6.01. The van der Waals surface area contributed by atoms with E-state index in [1.165, 1.54) is 12.8 Å². The van der Waals surface area contributed by atoms with E-state index >= 15 is 0 Å². The molecule has 0 unspecified atom stereocenters. The summed E-state index contributed by atoms with van der Waals surface area (Å²) in [7, 11) is 0. The van der Waals surface area contributed by atoms with Crippen LogP contribution in [0.15, 0.2) is 0 Å². The summed E-state index contributed by atoms with van der Waals surface area (Å²) in [6.07, 6.45) is 3.62. The Balaban J connectivity index is 0. The van der Waals surface area contributed by atoms with Crippen LogP contribution in [-0.2, 0) is 24.0 Å². The average Bonchev–Trinajstić information content (AvgIpc) is 2.79. The summed E-state index contributed by atoms with van der Waals surface area (Å²) in [6, 6.07) is 0. The zero-order chi connectivity index (χ0) is 18.4. The maximum absolute atomic E-state index is 11.0. The summed E-state index contributed by atoms with van der Waals surface area (Å²) in [5.41, 5.74) is 4.66. The Morgan fingerprint density at radius 1 is 1.22 bits per heavy atom. The molecule has 1 aliphatic rings. The third-order valence-corrected chi connectivity index (χ3v) is 2.62. The first-order chi connectivity index (χ1) is 10.7. The van der Waals surface area contributed by atoms with Gasteiger partial charge in [0, 0.05) is 19.4 Å². The number of imide groups is 1. The van der Waals surface area contributed by atoms with Crippen molar-refractivity contribution in [3.8, 4) is 0 Å². The molecule has 1 aliphatic heterocycles. The predicted molar refractivity (Wildman–Crippen MR) is 86.9 cm³/mol. The van der Waals surface area contributed by atoms with Gasteiger partial charge in [0.15, 0.2) is 0 Å². The highest BCUT2D eigenvalue weighted by atomic mass is 16.7. The van der Waals surface area contributed by atoms with Gasteiger partial charge in [0.25, 0.3) is 11.8 Å². The first-order valence-electron chi connectivity index (χ1n) is 7.92. The Hall–Kier alpha value is -1.76. The maximum atomic E-state index is 11.0. The smallest absolute Gasteiger partial charge is 0.330 e. The van der Waals surface area contributed by atoms with E-state index in [2.05, 4.69) is 31.3 Å². The monoisotopic (exact) mass is 330 g/mol. The van der Waals surface area contributed by atoms with Gasteiger partial charge in [-0.3, -0.25) is 9.59 Å². The molecule has 0 radical (unpaired) electrons. The number of nitrogens with zero attached hydrogens (tertiary/aromatic N) is 1. The molecule has 134 valence electrons. The van der Waals surface area contributed by atoms with E-state index in [0.29, 0.717) is 11.3 Å². The van der Waals surface area contributed by atoms with Crippen LogP contribution in [-0.4, -0.2) is 35.7 Å². The molecule has 0 aromatic heterocycles. The number of carbonyl (C=O) groups excluding carboxylic acids is 4. The van der Waals surface area contributed by atoms with Crippen molar-refractivity contribution in [3.05, 3.63) is 0 Å². The zero-order valence-corrected chi connectivity index (χ0v) is 14.8. The fraction of sp³-hybridized carbons (Fsp3) is 0.750. The normalized spacial score (nSPS) is 13.3. The topological polar surface area (TPSA) is 107 Å². The van der Waals surface area contributed by atoms with Crippen molar-refractivity contribution in [1.29, 1.82) is 0 Å². The highest BCUT2D eigenvalue weighted by Crippen LogP contribution is 2.13. The summed E-state index contributed by atoms with van der Waals surface area (Å²) in [6.45, 7) is 10.1. The first-order valence-corrected chi connectivity index (χ1v) is 7.92. The molecule has 0 saturated carbocycles. The van der Waals surface area contributed by atoms with Crippen LogP contribution in [0.4, 0.5) is 0 Å². The lowest BCUT2D eigenvalue weighted by Gasteiger charge is -2.13. The van der Waals surface area contributed by atoms with Gasteiger partial charge < -0.3 is 15.4 Å². The predicted octanol–water partition coefficient (Wildman–Crippen LogP) is 1.84. The number of hydrogen-bond donors (Lipinski definition) is 1. The van der Waals surface area contributed by atoms with E-state index in [0.717, 1.165) is 5.92 Å². The molecule has 0 aromatic carbocycles. The van der Waals surface area contributed by atoms with Gasteiger partial charge in [-0.2, -0.15) is 0 Å². The minimum absolute atomic E-state index is 0.129. The lowest BCUT2D eigenvalue weighted by molar-refractivity contribution is -0.199. The van der Waals surface area contributed by atoms with E-state index < -0.39 is 17.8 Å². The minimum atomic E-state index is -0.566. The van der Waals surface area contributed by atoms with Gasteiger partial charge in [0.1, 0.15) is 6.29 Å². The van der Waals surface area contributed by atoms with Crippen molar-refractivity contribution in [3.63, 3.8) is 0 Å². The lowest BCUT2D eigenvalue weighted by Crippen LogP contribution is -2.33. The maximum Gasteiger partial charge on any atom is 0.335 e. The van der Waals surface area contributed by atoms with Crippen molar-refractivity contribution in [2.24, 2.45) is 17.6 Å².